The van der Waals surface area contributed by atoms with Crippen molar-refractivity contribution in [1.29, 1.82) is 0 Å². The fourth-order valence-corrected chi connectivity index (χ4v) is 1.21. The quantitative estimate of drug-likeness (QED) is 0.591. The molecule has 0 spiro atoms. The molecule has 0 atom stereocenters. The maximum Gasteiger partial charge on any atom is 0.419 e. The zero-order valence-electron chi connectivity index (χ0n) is 7.94. The topological polar surface area (TPSA) is 16.6 Å². The van der Waals surface area contributed by atoms with Gasteiger partial charge in [-0.2, -0.15) is 20.2 Å². The number of nitrogens with two attached hydrogens (primary N) is 1. The smallest absolute Gasteiger partial charge is 0.419 e. The Labute approximate surface area is 85.1 Å². The number of alkyl halides is 3. The third-order valence-corrected chi connectivity index (χ3v) is 1.98. The molecule has 84 valence electrons. The van der Waals surface area contributed by atoms with Crippen LogP contribution in [0.15, 0.2) is 18.2 Å². The van der Waals surface area contributed by atoms with Crippen LogP contribution >= 0.6 is 0 Å². The van der Waals surface area contributed by atoms with Gasteiger partial charge in [-0.15, -0.1) is 0 Å². The Kier molecular flexibility index (Phi) is 3.68. The lowest BCUT2D eigenvalue weighted by atomic mass is 10.1. The molecule has 0 unspecified atom stereocenters. The molecule has 1 aromatic rings. The summed E-state index contributed by atoms with van der Waals surface area (Å²) in [7, 11) is 3.48. The van der Waals surface area contributed by atoms with E-state index in [1.165, 1.54) is 6.07 Å². The summed E-state index contributed by atoms with van der Waals surface area (Å²) >= 11 is 0. The molecule has 1 rings (SSSR count). The van der Waals surface area contributed by atoms with Crippen LogP contribution in [0.4, 0.5) is 17.6 Å². The number of hydrogen-bond acceptors (Lipinski definition) is 0. The minimum Gasteiger partial charge on any atom is -0.479 e. The molecule has 15 heavy (non-hydrogen) atoms. The van der Waals surface area contributed by atoms with E-state index in [0.717, 1.165) is 12.1 Å². The predicted molar refractivity (Wildman–Crippen MR) is 47.3 cm³/mol. The average molecular weight is 221 g/mol. The fourth-order valence-electron chi connectivity index (χ4n) is 1.21. The van der Waals surface area contributed by atoms with E-state index in [0.29, 0.717) is 18.5 Å². The highest BCUT2D eigenvalue weighted by Crippen LogP contribution is 2.31. The summed E-state index contributed by atoms with van der Waals surface area (Å²) in [5.41, 5.74) is -0.676. The van der Waals surface area contributed by atoms with Crippen LogP contribution in [-0.2, 0) is 12.6 Å². The molecule has 0 amide bonds. The first-order valence-corrected chi connectivity index (χ1v) is 4.41. The summed E-state index contributed by atoms with van der Waals surface area (Å²) < 4.78 is 49.6. The van der Waals surface area contributed by atoms with Crippen molar-refractivity contribution in [2.24, 2.45) is 0 Å². The van der Waals surface area contributed by atoms with E-state index in [-0.39, 0.29) is 0 Å². The van der Waals surface area contributed by atoms with E-state index in [9.17, 15) is 17.6 Å². The molecule has 0 bridgehead atoms. The Morgan fingerprint density at radius 1 is 1.27 bits per heavy atom. The average Bonchev–Trinajstić information content (AvgIpc) is 2.12. The van der Waals surface area contributed by atoms with Crippen LogP contribution in [0, 0.1) is 12.9 Å². The number of quaternary nitrogens is 1. The highest BCUT2D eigenvalue weighted by Gasteiger charge is 2.33. The van der Waals surface area contributed by atoms with E-state index in [1.807, 2.05) is 0 Å². The molecule has 0 aliphatic rings. The van der Waals surface area contributed by atoms with Crippen molar-refractivity contribution in [1.82, 2.24) is 0 Å². The minimum atomic E-state index is -4.62. The molecule has 1 aromatic carbocycles. The largest absolute Gasteiger partial charge is 0.479 e. The van der Waals surface area contributed by atoms with Crippen LogP contribution in [0.3, 0.4) is 0 Å². The molecule has 0 saturated heterocycles. The van der Waals surface area contributed by atoms with E-state index >= 15 is 0 Å². The molecule has 0 heterocycles. The first-order chi connectivity index (χ1) is 6.95. The van der Waals surface area contributed by atoms with Gasteiger partial charge in [0.25, 0.3) is 0 Å². The normalized spacial score (nSPS) is 11.8. The van der Waals surface area contributed by atoms with Gasteiger partial charge in [-0.25, -0.2) is 4.39 Å². The summed E-state index contributed by atoms with van der Waals surface area (Å²) in [6.07, 6.45) is -4.13. The van der Waals surface area contributed by atoms with Gasteiger partial charge in [0.05, 0.1) is 12.1 Å². The van der Waals surface area contributed by atoms with Crippen molar-refractivity contribution < 1.29 is 22.9 Å². The van der Waals surface area contributed by atoms with Crippen molar-refractivity contribution in [3.8, 4) is 0 Å². The van der Waals surface area contributed by atoms with Crippen LogP contribution in [0.25, 0.3) is 0 Å². The number of hydrogen-bond donors (Lipinski definition) is 1. The lowest BCUT2D eigenvalue weighted by Gasteiger charge is -2.09. The molecule has 0 aliphatic heterocycles. The fraction of sp³-hybridized carbons (Fsp3) is 0.300. The highest BCUT2D eigenvalue weighted by atomic mass is 19.4. The summed E-state index contributed by atoms with van der Waals surface area (Å²) in [6.45, 7) is 0.616. The van der Waals surface area contributed by atoms with E-state index < -0.39 is 17.6 Å². The predicted octanol–water partition coefficient (Wildman–Crippen LogP) is 1.74. The van der Waals surface area contributed by atoms with Gasteiger partial charge in [0.15, 0.2) is 0 Å². The lowest BCUT2D eigenvalue weighted by molar-refractivity contribution is -0.594. The Hall–Kier alpha value is -1.10. The summed E-state index contributed by atoms with van der Waals surface area (Å²) in [5, 5.41) is 1.63. The van der Waals surface area contributed by atoms with Gasteiger partial charge in [-0.1, -0.05) is 6.07 Å². The second kappa shape index (κ2) is 4.61. The Bertz CT molecular complexity index is 333. The van der Waals surface area contributed by atoms with Crippen LogP contribution in [-0.4, -0.2) is 6.54 Å². The van der Waals surface area contributed by atoms with Crippen molar-refractivity contribution in [3.05, 3.63) is 42.2 Å². The Morgan fingerprint density at radius 2 is 1.93 bits per heavy atom. The second-order valence-electron chi connectivity index (χ2n) is 3.14. The number of rotatable bonds is 3. The molecule has 0 aromatic heterocycles. The van der Waals surface area contributed by atoms with E-state index in [1.54, 1.807) is 5.32 Å². The summed E-state index contributed by atoms with van der Waals surface area (Å²) in [6, 6.07) is 2.98. The zero-order valence-corrected chi connectivity index (χ0v) is 7.94. The highest BCUT2D eigenvalue weighted by molar-refractivity contribution is 5.26. The second-order valence-corrected chi connectivity index (χ2v) is 3.14. The molecule has 0 fully saturated rings. The maximum absolute atomic E-state index is 13.0. The summed E-state index contributed by atoms with van der Waals surface area (Å²) in [5.74, 6) is -1.22. The van der Waals surface area contributed by atoms with Crippen molar-refractivity contribution >= 4 is 0 Å². The molecular formula is C10H11F4N. The Balaban J connectivity index is 2.89. The number of benzene rings is 1. The van der Waals surface area contributed by atoms with E-state index in [4.69, 9.17) is 0 Å². The van der Waals surface area contributed by atoms with Gasteiger partial charge in [0, 0.05) is 6.42 Å². The monoisotopic (exact) mass is 221 g/mol. The van der Waals surface area contributed by atoms with Crippen LogP contribution in [0.5, 0.6) is 0 Å². The van der Waals surface area contributed by atoms with Crippen molar-refractivity contribution in [2.45, 2.75) is 12.6 Å². The molecule has 1 nitrogen and oxygen atoms in total. The maximum atomic E-state index is 13.0. The Morgan fingerprint density at radius 3 is 2.40 bits per heavy atom. The van der Waals surface area contributed by atoms with Gasteiger partial charge in [0.2, 0.25) is 0 Å². The van der Waals surface area contributed by atoms with Gasteiger partial charge in [-0.3, -0.25) is 0 Å². The molecule has 0 radical (unpaired) electrons. The first-order valence-electron chi connectivity index (χ1n) is 4.41. The lowest BCUT2D eigenvalue weighted by Crippen LogP contribution is -2.77. The van der Waals surface area contributed by atoms with Gasteiger partial charge >= 0.3 is 6.18 Å². The van der Waals surface area contributed by atoms with Crippen molar-refractivity contribution in [2.75, 3.05) is 6.54 Å². The van der Waals surface area contributed by atoms with Crippen LogP contribution in [0.2, 0.25) is 0 Å². The molecule has 5 heteroatoms. The molecule has 0 saturated carbocycles. The molecule has 0 aliphatic carbocycles. The van der Waals surface area contributed by atoms with Crippen molar-refractivity contribution in [3.63, 3.8) is 0 Å². The summed E-state index contributed by atoms with van der Waals surface area (Å²) in [4.78, 5) is 0. The van der Waals surface area contributed by atoms with Gasteiger partial charge in [0.1, 0.15) is 5.82 Å². The van der Waals surface area contributed by atoms with Crippen LogP contribution in [0.1, 0.15) is 11.1 Å². The molecular weight excluding hydrogens is 210 g/mol. The number of halogens is 4. The SMILES string of the molecule is [CH2-][NH2+]CCc1ccc(C(F)(F)F)c(F)c1. The first kappa shape index (κ1) is 12.0. The van der Waals surface area contributed by atoms with Gasteiger partial charge < -0.3 is 5.32 Å². The third-order valence-electron chi connectivity index (χ3n) is 1.98. The third kappa shape index (κ3) is 3.20. The van der Waals surface area contributed by atoms with Crippen LogP contribution < -0.4 is 5.32 Å². The standard InChI is InChI=1S/C10H11F4N/c1-15-5-4-7-2-3-8(9(11)6-7)10(12,13)14/h2-3,6H,1,4-5,15H2. The van der Waals surface area contributed by atoms with Gasteiger partial charge in [-0.05, 0) is 17.7 Å². The van der Waals surface area contributed by atoms with E-state index in [2.05, 4.69) is 7.05 Å². The zero-order chi connectivity index (χ0) is 11.5. The minimum absolute atomic E-state index is 0.499. The molecule has 2 N–H and O–H groups in total.